The fraction of sp³-hybridized carbons (Fsp3) is 0.462. The van der Waals surface area contributed by atoms with Crippen LogP contribution in [0.3, 0.4) is 0 Å². The molecule has 36 heavy (non-hydrogen) atoms. The van der Waals surface area contributed by atoms with Gasteiger partial charge in [-0.3, -0.25) is 14.4 Å². The van der Waals surface area contributed by atoms with Gasteiger partial charge in [0.05, 0.1) is 15.6 Å². The topological polar surface area (TPSA) is 58.6 Å². The second-order valence-corrected chi connectivity index (χ2v) is 12.9. The highest BCUT2D eigenvalue weighted by molar-refractivity contribution is 7.98. The average Bonchev–Trinajstić information content (AvgIpc) is 3.64. The number of likely N-dealkylation sites (tertiary alicyclic amines) is 1. The van der Waals surface area contributed by atoms with Gasteiger partial charge in [0, 0.05) is 41.2 Å². The first kappa shape index (κ1) is 27.2. The lowest BCUT2D eigenvalue weighted by Crippen LogP contribution is -2.45. The third kappa shape index (κ3) is 6.52. The number of carbonyl (C=O) groups is 1. The predicted octanol–water partition coefficient (Wildman–Crippen LogP) is 5.95. The number of rotatable bonds is 8. The molecule has 1 amide bonds. The minimum absolute atomic E-state index is 0.0515. The lowest BCUT2D eigenvalue weighted by atomic mass is 9.92. The third-order valence-corrected chi connectivity index (χ3v) is 8.18. The van der Waals surface area contributed by atoms with E-state index in [0.29, 0.717) is 28.7 Å². The Hall–Kier alpha value is -1.87. The van der Waals surface area contributed by atoms with Gasteiger partial charge in [0.25, 0.3) is 5.91 Å². The second kappa shape index (κ2) is 10.5. The lowest BCUT2D eigenvalue weighted by molar-refractivity contribution is 0.00614. The van der Waals surface area contributed by atoms with Gasteiger partial charge in [-0.05, 0) is 73.7 Å². The number of amides is 1. The number of nitrogens with zero attached hydrogens (tertiary/aromatic N) is 1. The molecule has 1 aliphatic carbocycles. The van der Waals surface area contributed by atoms with E-state index in [4.69, 9.17) is 27.9 Å². The SMILES string of the molecule is C=S(C)(=O)NC(=O)c1cc(C2CC2)c(OCC2(F)CCN([C@@H](C)c3ccc(Cl)c(Cl)c3)CC2)cc1F. The first-order valence-corrected chi connectivity index (χ1v) is 14.7. The molecule has 1 aliphatic heterocycles. The first-order valence-electron chi connectivity index (χ1n) is 11.8. The first-order chi connectivity index (χ1) is 16.8. The maximum atomic E-state index is 15.7. The Morgan fingerprint density at radius 1 is 1.25 bits per heavy atom. The number of hydrogen-bond donors (Lipinski definition) is 1. The van der Waals surface area contributed by atoms with Crippen molar-refractivity contribution in [1.82, 2.24) is 9.62 Å². The zero-order valence-electron chi connectivity index (χ0n) is 20.3. The number of halogens is 4. The van der Waals surface area contributed by atoms with Crippen molar-refractivity contribution >= 4 is 44.7 Å². The van der Waals surface area contributed by atoms with Gasteiger partial charge in [-0.2, -0.15) is 0 Å². The van der Waals surface area contributed by atoms with Crippen LogP contribution < -0.4 is 9.46 Å². The van der Waals surface area contributed by atoms with Crippen molar-refractivity contribution in [2.75, 3.05) is 26.0 Å². The molecule has 0 spiro atoms. The summed E-state index contributed by atoms with van der Waals surface area (Å²) in [4.78, 5) is 14.6. The van der Waals surface area contributed by atoms with E-state index in [-0.39, 0.29) is 42.7 Å². The molecule has 1 saturated heterocycles. The number of hydrogen-bond acceptors (Lipinski definition) is 4. The highest BCUT2D eigenvalue weighted by atomic mass is 35.5. The molecular formula is C26H30Cl2F2N2O3S. The fourth-order valence-corrected chi connectivity index (χ4v) is 5.29. The van der Waals surface area contributed by atoms with Crippen LogP contribution in [0.1, 0.15) is 66.1 Å². The summed E-state index contributed by atoms with van der Waals surface area (Å²) in [6, 6.07) is 8.13. The van der Waals surface area contributed by atoms with Crippen LogP contribution in [0.15, 0.2) is 30.3 Å². The summed E-state index contributed by atoms with van der Waals surface area (Å²) in [6.45, 7) is 2.92. The molecule has 1 heterocycles. The Bertz CT molecular complexity index is 1260. The van der Waals surface area contributed by atoms with E-state index in [1.54, 1.807) is 6.07 Å². The number of piperidine rings is 1. The standard InChI is InChI=1S/C26H30Cl2F2N2O3S/c1-16(18-6-7-21(27)22(28)12-18)32-10-8-26(30,9-11-32)15-35-24-14-23(29)20(13-19(24)17-4-5-17)25(33)31-36(2,3)34/h6-7,12-14,16-17H,2,4-5,8-11,15H2,1,3H3,(H,31,33,34)/t16-,36?/m0/s1. The van der Waals surface area contributed by atoms with Crippen molar-refractivity contribution in [2.45, 2.75) is 50.2 Å². The van der Waals surface area contributed by atoms with E-state index in [0.717, 1.165) is 24.5 Å². The van der Waals surface area contributed by atoms with Crippen molar-refractivity contribution in [3.8, 4) is 5.75 Å². The van der Waals surface area contributed by atoms with Gasteiger partial charge in [0.15, 0.2) is 0 Å². The van der Waals surface area contributed by atoms with Crippen molar-refractivity contribution in [3.05, 3.63) is 62.9 Å². The maximum absolute atomic E-state index is 15.7. The molecule has 5 nitrogen and oxygen atoms in total. The molecule has 2 atom stereocenters. The van der Waals surface area contributed by atoms with Crippen molar-refractivity contribution < 1.29 is 22.5 Å². The van der Waals surface area contributed by atoms with Gasteiger partial charge in [-0.15, -0.1) is 0 Å². The zero-order chi connectivity index (χ0) is 26.3. The summed E-state index contributed by atoms with van der Waals surface area (Å²) in [5.74, 6) is 2.15. The molecule has 0 radical (unpaired) electrons. The number of ether oxygens (including phenoxy) is 1. The van der Waals surface area contributed by atoms with Crippen LogP contribution in [0.25, 0.3) is 0 Å². The molecule has 2 aromatic carbocycles. The Morgan fingerprint density at radius 2 is 1.92 bits per heavy atom. The van der Waals surface area contributed by atoms with Crippen LogP contribution in [0.5, 0.6) is 5.75 Å². The molecule has 196 valence electrons. The molecule has 10 heteroatoms. The van der Waals surface area contributed by atoms with Gasteiger partial charge in [0.2, 0.25) is 0 Å². The van der Waals surface area contributed by atoms with E-state index in [1.165, 1.54) is 12.3 Å². The Balaban J connectivity index is 1.41. The van der Waals surface area contributed by atoms with E-state index < -0.39 is 27.1 Å². The highest BCUT2D eigenvalue weighted by Gasteiger charge is 2.38. The van der Waals surface area contributed by atoms with E-state index in [9.17, 15) is 13.4 Å². The second-order valence-electron chi connectivity index (χ2n) is 9.91. The zero-order valence-corrected chi connectivity index (χ0v) is 22.6. The van der Waals surface area contributed by atoms with Crippen molar-refractivity contribution in [3.63, 3.8) is 0 Å². The molecule has 2 aromatic rings. The summed E-state index contributed by atoms with van der Waals surface area (Å²) in [7, 11) is -2.84. The third-order valence-electron chi connectivity index (χ3n) is 6.82. The fourth-order valence-electron chi connectivity index (χ4n) is 4.48. The summed E-state index contributed by atoms with van der Waals surface area (Å²) < 4.78 is 50.3. The Kier molecular flexibility index (Phi) is 7.91. The van der Waals surface area contributed by atoms with Crippen LogP contribution in [-0.4, -0.2) is 52.5 Å². The van der Waals surface area contributed by atoms with E-state index in [1.807, 2.05) is 12.1 Å². The molecule has 0 bridgehead atoms. The summed E-state index contributed by atoms with van der Waals surface area (Å²) in [6.07, 6.45) is 3.57. The number of benzene rings is 2. The molecular weight excluding hydrogens is 529 g/mol. The quantitative estimate of drug-likeness (QED) is 0.407. The van der Waals surface area contributed by atoms with Crippen molar-refractivity contribution in [1.29, 1.82) is 0 Å². The minimum Gasteiger partial charge on any atom is -0.490 e. The van der Waals surface area contributed by atoms with Gasteiger partial charge >= 0.3 is 0 Å². The van der Waals surface area contributed by atoms with E-state index in [2.05, 4.69) is 22.4 Å². The van der Waals surface area contributed by atoms with Gasteiger partial charge in [-0.1, -0.05) is 29.3 Å². The van der Waals surface area contributed by atoms with Crippen molar-refractivity contribution in [2.24, 2.45) is 0 Å². The monoisotopic (exact) mass is 558 g/mol. The average molecular weight is 560 g/mol. The molecule has 0 aromatic heterocycles. The molecule has 2 fully saturated rings. The van der Waals surface area contributed by atoms with Crippen LogP contribution >= 0.6 is 23.2 Å². The van der Waals surface area contributed by atoms with Crippen LogP contribution in [0.4, 0.5) is 8.78 Å². The number of carbonyl (C=O) groups excluding carboxylic acids is 1. The predicted molar refractivity (Wildman–Crippen MR) is 142 cm³/mol. The summed E-state index contributed by atoms with van der Waals surface area (Å²) in [5.41, 5.74) is -0.0917. The molecule has 1 unspecified atom stereocenters. The smallest absolute Gasteiger partial charge is 0.265 e. The van der Waals surface area contributed by atoms with Gasteiger partial charge < -0.3 is 4.74 Å². The molecule has 2 aliphatic rings. The number of alkyl halides is 1. The summed E-state index contributed by atoms with van der Waals surface area (Å²) in [5, 5.41) is 0.984. The molecule has 1 N–H and O–H groups in total. The molecule has 1 saturated carbocycles. The molecule has 4 rings (SSSR count). The highest BCUT2D eigenvalue weighted by Crippen LogP contribution is 2.45. The van der Waals surface area contributed by atoms with Gasteiger partial charge in [0.1, 0.15) is 23.8 Å². The van der Waals surface area contributed by atoms with Crippen LogP contribution in [0.2, 0.25) is 10.0 Å². The van der Waals surface area contributed by atoms with Crippen LogP contribution in [-0.2, 0) is 9.71 Å². The van der Waals surface area contributed by atoms with Crippen LogP contribution in [0, 0.1) is 5.82 Å². The lowest BCUT2D eigenvalue weighted by Gasteiger charge is -2.39. The Morgan fingerprint density at radius 3 is 2.50 bits per heavy atom. The largest absolute Gasteiger partial charge is 0.490 e. The summed E-state index contributed by atoms with van der Waals surface area (Å²) >= 11 is 12.2. The number of nitrogens with one attached hydrogen (secondary N) is 1. The van der Waals surface area contributed by atoms with Gasteiger partial charge in [-0.25, -0.2) is 13.0 Å². The minimum atomic E-state index is -2.84. The Labute approximate surface area is 221 Å². The maximum Gasteiger partial charge on any atom is 0.265 e. The van der Waals surface area contributed by atoms with E-state index >= 15 is 4.39 Å². The normalized spacial score (nSPS) is 20.4.